The van der Waals surface area contributed by atoms with Gasteiger partial charge in [-0.05, 0) is 56.9 Å². The number of hydrogen-bond donors (Lipinski definition) is 4. The van der Waals surface area contributed by atoms with Gasteiger partial charge >= 0.3 is 0 Å². The zero-order valence-corrected chi connectivity index (χ0v) is 24.3. The van der Waals surface area contributed by atoms with Crippen LogP contribution in [0.4, 0.5) is 0 Å². The highest BCUT2D eigenvalue weighted by Gasteiger charge is 2.35. The SMILES string of the molecule is CCc1ccc2cnc(OCC(C)(C)C(=O)NC(C(=O)NC(C)C(=O)N3CCCCN3)C(C)C)cc2c1.O=CO. The Morgan fingerprint density at radius 3 is 2.45 bits per heavy atom. The lowest BCUT2D eigenvalue weighted by atomic mass is 9.92. The predicted octanol–water partition coefficient (Wildman–Crippen LogP) is 2.68. The number of hydrazine groups is 1. The van der Waals surface area contributed by atoms with Crippen LogP contribution in [0.5, 0.6) is 5.88 Å². The molecule has 2 heterocycles. The van der Waals surface area contributed by atoms with E-state index >= 15 is 0 Å². The fourth-order valence-electron chi connectivity index (χ4n) is 4.14. The number of rotatable bonds is 10. The van der Waals surface area contributed by atoms with Gasteiger partial charge in [-0.15, -0.1) is 0 Å². The maximum absolute atomic E-state index is 13.2. The van der Waals surface area contributed by atoms with Gasteiger partial charge in [-0.2, -0.15) is 0 Å². The van der Waals surface area contributed by atoms with Crippen LogP contribution in [-0.4, -0.2) is 71.1 Å². The molecule has 1 aromatic carbocycles. The van der Waals surface area contributed by atoms with Gasteiger partial charge in [0.05, 0.1) is 5.41 Å². The van der Waals surface area contributed by atoms with E-state index in [4.69, 9.17) is 14.6 Å². The molecule has 2 unspecified atom stereocenters. The Hall–Kier alpha value is -3.73. The quantitative estimate of drug-likeness (QED) is 0.326. The van der Waals surface area contributed by atoms with Crippen molar-refractivity contribution in [2.45, 2.75) is 72.9 Å². The van der Waals surface area contributed by atoms with E-state index in [0.29, 0.717) is 12.4 Å². The number of benzene rings is 1. The number of carbonyl (C=O) groups is 4. The first-order valence-corrected chi connectivity index (χ1v) is 13.7. The van der Waals surface area contributed by atoms with Crippen LogP contribution < -0.4 is 20.8 Å². The van der Waals surface area contributed by atoms with Crippen LogP contribution >= 0.6 is 0 Å². The summed E-state index contributed by atoms with van der Waals surface area (Å²) in [5, 5.41) is 16.1. The highest BCUT2D eigenvalue weighted by Crippen LogP contribution is 2.23. The Kier molecular flexibility index (Phi) is 12.3. The Morgan fingerprint density at radius 2 is 1.85 bits per heavy atom. The number of hydrogen-bond acceptors (Lipinski definition) is 7. The number of nitrogens with zero attached hydrogens (tertiary/aromatic N) is 2. The molecular weight excluding hydrogens is 514 g/mol. The zero-order chi connectivity index (χ0) is 29.9. The minimum absolute atomic E-state index is 0.0900. The first-order chi connectivity index (χ1) is 18.9. The third kappa shape index (κ3) is 9.18. The number of carboxylic acid groups (broad SMARTS) is 1. The van der Waals surface area contributed by atoms with Crippen LogP contribution in [0, 0.1) is 11.3 Å². The van der Waals surface area contributed by atoms with Crippen LogP contribution in [0.3, 0.4) is 0 Å². The molecule has 2 atom stereocenters. The van der Waals surface area contributed by atoms with E-state index < -0.39 is 17.5 Å². The summed E-state index contributed by atoms with van der Waals surface area (Å²) in [6.45, 7) is 12.2. The molecule has 1 aromatic heterocycles. The highest BCUT2D eigenvalue weighted by atomic mass is 16.5. The van der Waals surface area contributed by atoms with Gasteiger partial charge in [0, 0.05) is 30.7 Å². The van der Waals surface area contributed by atoms with Crippen molar-refractivity contribution in [1.82, 2.24) is 26.1 Å². The normalized spacial score (nSPS) is 14.9. The van der Waals surface area contributed by atoms with E-state index in [1.807, 2.05) is 26.0 Å². The fraction of sp³-hybridized carbons (Fsp3) is 0.552. The number of amides is 3. The van der Waals surface area contributed by atoms with Gasteiger partial charge in [0.1, 0.15) is 18.7 Å². The predicted molar refractivity (Wildman–Crippen MR) is 152 cm³/mol. The molecule has 3 amide bonds. The first kappa shape index (κ1) is 32.5. The van der Waals surface area contributed by atoms with Crippen molar-refractivity contribution < 1.29 is 29.0 Å². The van der Waals surface area contributed by atoms with Crippen LogP contribution in [0.25, 0.3) is 10.8 Å². The Balaban J connectivity index is 0.00000178. The maximum Gasteiger partial charge on any atom is 0.290 e. The average molecular weight is 558 g/mol. The second kappa shape index (κ2) is 15.2. The molecule has 0 spiro atoms. The molecule has 4 N–H and O–H groups in total. The van der Waals surface area contributed by atoms with E-state index in [1.165, 1.54) is 5.56 Å². The van der Waals surface area contributed by atoms with Gasteiger partial charge in [-0.25, -0.2) is 10.4 Å². The van der Waals surface area contributed by atoms with Crippen molar-refractivity contribution in [2.75, 3.05) is 19.7 Å². The molecule has 11 nitrogen and oxygen atoms in total. The summed E-state index contributed by atoms with van der Waals surface area (Å²) in [4.78, 5) is 51.6. The van der Waals surface area contributed by atoms with Crippen LogP contribution in [-0.2, 0) is 25.6 Å². The molecule has 40 heavy (non-hydrogen) atoms. The molecule has 1 aliphatic rings. The lowest BCUT2D eigenvalue weighted by molar-refractivity contribution is -0.141. The van der Waals surface area contributed by atoms with Crippen molar-refractivity contribution in [1.29, 1.82) is 0 Å². The molecule has 11 heteroatoms. The lowest BCUT2D eigenvalue weighted by Gasteiger charge is -2.32. The van der Waals surface area contributed by atoms with E-state index in [1.54, 1.807) is 32.0 Å². The molecule has 1 fully saturated rings. The van der Waals surface area contributed by atoms with Gasteiger partial charge in [0.2, 0.25) is 17.7 Å². The van der Waals surface area contributed by atoms with Crippen molar-refractivity contribution in [2.24, 2.45) is 11.3 Å². The first-order valence-electron chi connectivity index (χ1n) is 13.7. The summed E-state index contributed by atoms with van der Waals surface area (Å²) in [6, 6.07) is 6.61. The molecular formula is C29H43N5O6. The van der Waals surface area contributed by atoms with Crippen LogP contribution in [0.2, 0.25) is 0 Å². The zero-order valence-electron chi connectivity index (χ0n) is 24.3. The smallest absolute Gasteiger partial charge is 0.290 e. The number of ether oxygens (including phenoxy) is 1. The van der Waals surface area contributed by atoms with E-state index in [-0.39, 0.29) is 36.7 Å². The molecule has 1 aliphatic heterocycles. The molecule has 0 saturated carbocycles. The summed E-state index contributed by atoms with van der Waals surface area (Å²) in [6.07, 6.45) is 4.64. The minimum Gasteiger partial charge on any atom is -0.483 e. The molecule has 1 saturated heterocycles. The van der Waals surface area contributed by atoms with Gasteiger partial charge in [0.15, 0.2) is 0 Å². The number of pyridine rings is 1. The number of carbonyl (C=O) groups excluding carboxylic acids is 3. The van der Waals surface area contributed by atoms with Crippen molar-refractivity contribution in [3.8, 4) is 5.88 Å². The fourth-order valence-corrected chi connectivity index (χ4v) is 4.14. The molecule has 0 radical (unpaired) electrons. The van der Waals surface area contributed by atoms with Gasteiger partial charge in [-0.3, -0.25) is 24.2 Å². The maximum atomic E-state index is 13.2. The molecule has 0 aliphatic carbocycles. The third-order valence-corrected chi connectivity index (χ3v) is 6.71. The largest absolute Gasteiger partial charge is 0.483 e. The Labute approximate surface area is 236 Å². The molecule has 3 rings (SSSR count). The third-order valence-electron chi connectivity index (χ3n) is 6.71. The topological polar surface area (TPSA) is 150 Å². The Bertz CT molecular complexity index is 1160. The second-order valence-electron chi connectivity index (χ2n) is 10.9. The van der Waals surface area contributed by atoms with Crippen LogP contribution in [0.1, 0.15) is 59.9 Å². The molecule has 220 valence electrons. The molecule has 2 aromatic rings. The van der Waals surface area contributed by atoms with Crippen molar-refractivity contribution >= 4 is 35.0 Å². The monoisotopic (exact) mass is 557 g/mol. The Morgan fingerprint density at radius 1 is 1.15 bits per heavy atom. The summed E-state index contributed by atoms with van der Waals surface area (Å²) in [5.74, 6) is -0.623. The number of aromatic nitrogens is 1. The number of aryl methyl sites for hydroxylation is 1. The van der Waals surface area contributed by atoms with E-state index in [9.17, 15) is 14.4 Å². The second-order valence-corrected chi connectivity index (χ2v) is 10.9. The van der Waals surface area contributed by atoms with Gasteiger partial charge in [-0.1, -0.05) is 39.0 Å². The molecule has 0 bridgehead atoms. The van der Waals surface area contributed by atoms with Crippen LogP contribution in [0.15, 0.2) is 30.5 Å². The van der Waals surface area contributed by atoms with Crippen molar-refractivity contribution in [3.05, 3.63) is 36.0 Å². The summed E-state index contributed by atoms with van der Waals surface area (Å²) >= 11 is 0. The van der Waals surface area contributed by atoms with E-state index in [0.717, 1.165) is 36.6 Å². The minimum atomic E-state index is -0.922. The average Bonchev–Trinajstić information content (AvgIpc) is 2.94. The summed E-state index contributed by atoms with van der Waals surface area (Å²) in [5.41, 5.74) is 3.37. The van der Waals surface area contributed by atoms with Gasteiger partial charge in [0.25, 0.3) is 12.4 Å². The highest BCUT2D eigenvalue weighted by molar-refractivity contribution is 5.93. The lowest BCUT2D eigenvalue weighted by Crippen LogP contribution is -2.59. The summed E-state index contributed by atoms with van der Waals surface area (Å²) in [7, 11) is 0. The van der Waals surface area contributed by atoms with Gasteiger partial charge < -0.3 is 20.5 Å². The number of fused-ring (bicyclic) bond motifs is 1. The van der Waals surface area contributed by atoms with Crippen molar-refractivity contribution in [3.63, 3.8) is 0 Å². The van der Waals surface area contributed by atoms with E-state index in [2.05, 4.69) is 40.1 Å². The summed E-state index contributed by atoms with van der Waals surface area (Å²) < 4.78 is 5.91. The number of nitrogens with one attached hydrogen (secondary N) is 3. The standard InChI is InChI=1S/C28H41N5O4.CH2O2/c1-7-20-10-11-21-16-29-23(15-22(21)14-20)37-17-28(5,6)27(36)32-24(18(2)3)25(34)31-19(4)26(35)33-13-9-8-12-30-33;2-1-3/h10-11,14-16,18-19,24,30H,7-9,12-13,17H2,1-6H3,(H,31,34)(H,32,36);1H,(H,2,3).